The zero-order valence-electron chi connectivity index (χ0n) is 11.9. The molecule has 0 bridgehead atoms. The molecule has 1 aromatic carbocycles. The number of carboxylic acids is 1. The second kappa shape index (κ2) is 6.43. The van der Waals surface area contributed by atoms with Crippen LogP contribution >= 0.6 is 0 Å². The van der Waals surface area contributed by atoms with E-state index in [1.165, 1.54) is 0 Å². The molecule has 0 saturated heterocycles. The fraction of sp³-hybridized carbons (Fsp3) is 0.500. The number of methoxy groups -OCH3 is 1. The van der Waals surface area contributed by atoms with Gasteiger partial charge < -0.3 is 20.9 Å². The van der Waals surface area contributed by atoms with E-state index in [4.69, 9.17) is 15.6 Å². The van der Waals surface area contributed by atoms with Gasteiger partial charge in [-0.15, -0.1) is 0 Å². The van der Waals surface area contributed by atoms with E-state index in [1.54, 1.807) is 7.11 Å². The average molecular weight is 266 g/mol. The summed E-state index contributed by atoms with van der Waals surface area (Å²) < 4.78 is 5.36. The highest BCUT2D eigenvalue weighted by Crippen LogP contribution is 2.31. The molecule has 19 heavy (non-hydrogen) atoms. The second-order valence-corrected chi connectivity index (χ2v) is 4.76. The van der Waals surface area contributed by atoms with Gasteiger partial charge >= 0.3 is 5.97 Å². The highest BCUT2D eigenvalue weighted by atomic mass is 16.5. The predicted molar refractivity (Wildman–Crippen MR) is 75.9 cm³/mol. The summed E-state index contributed by atoms with van der Waals surface area (Å²) in [4.78, 5) is 10.6. The molecule has 0 aliphatic heterocycles. The molecule has 0 radical (unpaired) electrons. The minimum Gasteiger partial charge on any atom is -0.496 e. The Balaban J connectivity index is 2.82. The van der Waals surface area contributed by atoms with Gasteiger partial charge in [-0.3, -0.25) is 4.79 Å². The molecule has 0 saturated carbocycles. The molecule has 0 heterocycles. The van der Waals surface area contributed by atoms with E-state index in [0.717, 1.165) is 28.1 Å². The van der Waals surface area contributed by atoms with Crippen LogP contribution < -0.4 is 15.8 Å². The first-order chi connectivity index (χ1) is 8.86. The first kappa shape index (κ1) is 15.3. The molecule has 0 aliphatic rings. The summed E-state index contributed by atoms with van der Waals surface area (Å²) >= 11 is 0. The van der Waals surface area contributed by atoms with E-state index in [2.05, 4.69) is 5.32 Å². The van der Waals surface area contributed by atoms with Crippen molar-refractivity contribution < 1.29 is 14.6 Å². The topological polar surface area (TPSA) is 84.6 Å². The minimum atomic E-state index is -0.881. The van der Waals surface area contributed by atoms with Crippen LogP contribution in [0.5, 0.6) is 5.75 Å². The molecule has 5 heteroatoms. The van der Waals surface area contributed by atoms with Crippen molar-refractivity contribution in [2.24, 2.45) is 5.73 Å². The van der Waals surface area contributed by atoms with Crippen LogP contribution in [0, 0.1) is 20.8 Å². The summed E-state index contributed by atoms with van der Waals surface area (Å²) in [5, 5.41) is 11.9. The number of carbonyl (C=O) groups is 1. The van der Waals surface area contributed by atoms with Gasteiger partial charge in [-0.25, -0.2) is 0 Å². The highest BCUT2D eigenvalue weighted by molar-refractivity contribution is 5.67. The third kappa shape index (κ3) is 3.86. The number of benzene rings is 1. The summed E-state index contributed by atoms with van der Waals surface area (Å²) in [7, 11) is 1.66. The number of nitrogens with two attached hydrogens (primary N) is 1. The van der Waals surface area contributed by atoms with Crippen LogP contribution in [0.2, 0.25) is 0 Å². The maximum absolute atomic E-state index is 10.6. The molecule has 0 amide bonds. The number of rotatable bonds is 6. The Labute approximate surface area is 113 Å². The largest absolute Gasteiger partial charge is 0.496 e. The predicted octanol–water partition coefficient (Wildman–Crippen LogP) is 1.83. The first-order valence-electron chi connectivity index (χ1n) is 6.22. The van der Waals surface area contributed by atoms with Crippen LogP contribution in [0.15, 0.2) is 6.07 Å². The van der Waals surface area contributed by atoms with Gasteiger partial charge in [0.2, 0.25) is 0 Å². The number of aliphatic carboxylic acids is 1. The molecule has 0 aliphatic carbocycles. The normalized spacial score (nSPS) is 12.1. The van der Waals surface area contributed by atoms with E-state index in [1.807, 2.05) is 26.8 Å². The van der Waals surface area contributed by atoms with E-state index >= 15 is 0 Å². The lowest BCUT2D eigenvalue weighted by Gasteiger charge is -2.18. The molecule has 1 rings (SSSR count). The van der Waals surface area contributed by atoms with Crippen molar-refractivity contribution in [2.45, 2.75) is 33.2 Å². The lowest BCUT2D eigenvalue weighted by Crippen LogP contribution is -2.31. The van der Waals surface area contributed by atoms with Crippen molar-refractivity contribution >= 4 is 11.7 Å². The molecule has 1 aromatic rings. The zero-order valence-corrected chi connectivity index (χ0v) is 11.9. The van der Waals surface area contributed by atoms with Gasteiger partial charge in [0.05, 0.1) is 13.5 Å². The number of ether oxygens (including phenoxy) is 1. The number of carboxylic acid groups (broad SMARTS) is 1. The summed E-state index contributed by atoms with van der Waals surface area (Å²) in [6.45, 7) is 6.41. The number of hydrogen-bond donors (Lipinski definition) is 3. The third-order valence-electron chi connectivity index (χ3n) is 3.22. The van der Waals surface area contributed by atoms with Crippen LogP contribution in [-0.2, 0) is 4.79 Å². The van der Waals surface area contributed by atoms with E-state index < -0.39 is 12.0 Å². The Morgan fingerprint density at radius 1 is 1.42 bits per heavy atom. The van der Waals surface area contributed by atoms with Crippen LogP contribution in [-0.4, -0.2) is 30.8 Å². The summed E-state index contributed by atoms with van der Waals surface area (Å²) in [5.74, 6) is 0.00555. The summed E-state index contributed by atoms with van der Waals surface area (Å²) in [5.41, 5.74) is 9.92. The maximum Gasteiger partial charge on any atom is 0.304 e. The Morgan fingerprint density at radius 2 is 2.05 bits per heavy atom. The fourth-order valence-electron chi connectivity index (χ4n) is 2.09. The number of aryl methyl sites for hydroxylation is 1. The van der Waals surface area contributed by atoms with Crippen LogP contribution in [0.1, 0.15) is 23.1 Å². The van der Waals surface area contributed by atoms with E-state index in [-0.39, 0.29) is 6.42 Å². The molecule has 0 aromatic heterocycles. The molecular weight excluding hydrogens is 244 g/mol. The van der Waals surface area contributed by atoms with Crippen molar-refractivity contribution in [1.29, 1.82) is 0 Å². The average Bonchev–Trinajstić information content (AvgIpc) is 2.32. The summed E-state index contributed by atoms with van der Waals surface area (Å²) in [6, 6.07) is 1.59. The van der Waals surface area contributed by atoms with Crippen molar-refractivity contribution in [3.63, 3.8) is 0 Å². The van der Waals surface area contributed by atoms with Gasteiger partial charge in [-0.1, -0.05) is 0 Å². The van der Waals surface area contributed by atoms with Crippen LogP contribution in [0.3, 0.4) is 0 Å². The molecule has 4 N–H and O–H groups in total. The molecule has 0 fully saturated rings. The molecule has 1 atom stereocenters. The van der Waals surface area contributed by atoms with Gasteiger partial charge in [0.1, 0.15) is 5.75 Å². The lowest BCUT2D eigenvalue weighted by atomic mass is 10.0. The second-order valence-electron chi connectivity index (χ2n) is 4.76. The number of nitrogens with one attached hydrogen (secondary N) is 1. The van der Waals surface area contributed by atoms with Crippen LogP contribution in [0.4, 0.5) is 5.69 Å². The molecular formula is C14H22N2O3. The van der Waals surface area contributed by atoms with Gasteiger partial charge in [0.15, 0.2) is 0 Å². The minimum absolute atomic E-state index is 0.0415. The van der Waals surface area contributed by atoms with Gasteiger partial charge in [0.25, 0.3) is 0 Å². The van der Waals surface area contributed by atoms with Crippen molar-refractivity contribution in [3.05, 3.63) is 22.8 Å². The molecule has 5 nitrogen and oxygen atoms in total. The summed E-state index contributed by atoms with van der Waals surface area (Å²) in [6.07, 6.45) is -0.0415. The number of hydrogen-bond acceptors (Lipinski definition) is 4. The quantitative estimate of drug-likeness (QED) is 0.731. The molecule has 1 unspecified atom stereocenters. The van der Waals surface area contributed by atoms with Crippen molar-refractivity contribution in [3.8, 4) is 5.75 Å². The SMILES string of the molecule is COc1c(C)cc(NCC(N)CC(=O)O)c(C)c1C. The lowest BCUT2D eigenvalue weighted by molar-refractivity contribution is -0.137. The first-order valence-corrected chi connectivity index (χ1v) is 6.22. The van der Waals surface area contributed by atoms with Gasteiger partial charge in [-0.05, 0) is 43.5 Å². The smallest absolute Gasteiger partial charge is 0.304 e. The van der Waals surface area contributed by atoms with Crippen molar-refractivity contribution in [1.82, 2.24) is 0 Å². The van der Waals surface area contributed by atoms with Crippen LogP contribution in [0.25, 0.3) is 0 Å². The number of anilines is 1. The standard InChI is InChI=1S/C14H22N2O3/c1-8-5-12(9(2)10(3)14(8)19-4)16-7-11(15)6-13(17)18/h5,11,16H,6-7,15H2,1-4H3,(H,17,18). The highest BCUT2D eigenvalue weighted by Gasteiger charge is 2.12. The van der Waals surface area contributed by atoms with Gasteiger partial charge in [0, 0.05) is 18.3 Å². The Morgan fingerprint density at radius 3 is 2.58 bits per heavy atom. The van der Waals surface area contributed by atoms with Crippen molar-refractivity contribution in [2.75, 3.05) is 19.0 Å². The molecule has 106 valence electrons. The Hall–Kier alpha value is -1.75. The van der Waals surface area contributed by atoms with E-state index in [9.17, 15) is 4.79 Å². The zero-order chi connectivity index (χ0) is 14.6. The molecule has 0 spiro atoms. The third-order valence-corrected chi connectivity index (χ3v) is 3.22. The maximum atomic E-state index is 10.6. The monoisotopic (exact) mass is 266 g/mol. The van der Waals surface area contributed by atoms with Gasteiger partial charge in [-0.2, -0.15) is 0 Å². The van der Waals surface area contributed by atoms with E-state index in [0.29, 0.717) is 6.54 Å². The Bertz CT molecular complexity index is 472. The Kier molecular flexibility index (Phi) is 5.18. The fourth-order valence-corrected chi connectivity index (χ4v) is 2.09.